The van der Waals surface area contributed by atoms with Gasteiger partial charge in [0.1, 0.15) is 11.5 Å². The number of aromatic nitrogens is 1. The molecule has 15 heavy (non-hydrogen) atoms. The minimum Gasteiger partial charge on any atom is -0.253 e. The minimum atomic E-state index is -0.276. The summed E-state index contributed by atoms with van der Waals surface area (Å²) in [5.41, 5.74) is 2.49. The molecule has 2 heteroatoms. The third-order valence-corrected chi connectivity index (χ3v) is 2.39. The van der Waals surface area contributed by atoms with Crippen LogP contribution in [-0.4, -0.2) is 4.98 Å². The maximum Gasteiger partial charge on any atom is 0.149 e. The van der Waals surface area contributed by atoms with Crippen LogP contribution in [0.1, 0.15) is 12.5 Å². The molecule has 1 nitrogen and oxygen atoms in total. The zero-order valence-electron chi connectivity index (χ0n) is 8.57. The predicted molar refractivity (Wildman–Crippen MR) is 59.0 cm³/mol. The number of halogens is 1. The summed E-state index contributed by atoms with van der Waals surface area (Å²) in [5, 5.41) is 0. The number of benzene rings is 1. The molecule has 0 bridgehead atoms. The van der Waals surface area contributed by atoms with Crippen LogP contribution in [0.3, 0.4) is 0 Å². The van der Waals surface area contributed by atoms with Gasteiger partial charge in [-0.2, -0.15) is 0 Å². The van der Waals surface area contributed by atoms with Gasteiger partial charge in [-0.15, -0.1) is 0 Å². The Hall–Kier alpha value is -1.70. The molecular weight excluding hydrogens is 189 g/mol. The molecule has 0 saturated carbocycles. The number of pyridine rings is 1. The summed E-state index contributed by atoms with van der Waals surface area (Å²) < 4.78 is 13.4. The molecule has 0 spiro atoms. The van der Waals surface area contributed by atoms with Crippen molar-refractivity contribution in [3.63, 3.8) is 0 Å². The second-order valence-corrected chi connectivity index (χ2v) is 3.38. The molecule has 0 N–H and O–H groups in total. The fourth-order valence-corrected chi connectivity index (χ4v) is 1.50. The lowest BCUT2D eigenvalue weighted by atomic mass is 10.1. The summed E-state index contributed by atoms with van der Waals surface area (Å²) >= 11 is 0. The molecule has 0 aliphatic carbocycles. The van der Waals surface area contributed by atoms with Gasteiger partial charge in [0.05, 0.1) is 0 Å². The maximum absolute atomic E-state index is 13.4. The number of rotatable bonds is 2. The maximum atomic E-state index is 13.4. The first kappa shape index (κ1) is 9.84. The minimum absolute atomic E-state index is 0.276. The summed E-state index contributed by atoms with van der Waals surface area (Å²) in [6, 6.07) is 10.8. The van der Waals surface area contributed by atoms with E-state index in [4.69, 9.17) is 0 Å². The van der Waals surface area contributed by atoms with Gasteiger partial charge in [0, 0.05) is 11.8 Å². The van der Waals surface area contributed by atoms with Gasteiger partial charge in [0.2, 0.25) is 0 Å². The van der Waals surface area contributed by atoms with E-state index in [-0.39, 0.29) is 5.82 Å². The highest BCUT2D eigenvalue weighted by Gasteiger charge is 2.04. The number of nitrogens with zero attached hydrogens (tertiary/aromatic N) is 1. The quantitative estimate of drug-likeness (QED) is 0.725. The molecule has 0 aliphatic heterocycles. The van der Waals surface area contributed by atoms with Crippen LogP contribution in [-0.2, 0) is 6.42 Å². The van der Waals surface area contributed by atoms with Crippen molar-refractivity contribution in [1.29, 1.82) is 0 Å². The molecule has 0 fully saturated rings. The highest BCUT2D eigenvalue weighted by molar-refractivity contribution is 5.59. The third-order valence-electron chi connectivity index (χ3n) is 2.39. The molecule has 2 aromatic rings. The zero-order chi connectivity index (χ0) is 10.7. The Kier molecular flexibility index (Phi) is 2.77. The average molecular weight is 201 g/mol. The van der Waals surface area contributed by atoms with E-state index in [0.717, 1.165) is 12.0 Å². The smallest absolute Gasteiger partial charge is 0.149 e. The molecule has 1 aromatic carbocycles. The highest BCUT2D eigenvalue weighted by atomic mass is 19.1. The largest absolute Gasteiger partial charge is 0.253 e. The average Bonchev–Trinajstić information content (AvgIpc) is 2.30. The first-order valence-corrected chi connectivity index (χ1v) is 5.01. The fraction of sp³-hybridized carbons (Fsp3) is 0.154. The van der Waals surface area contributed by atoms with Gasteiger partial charge in [0.25, 0.3) is 0 Å². The summed E-state index contributed by atoms with van der Waals surface area (Å²) in [5.74, 6) is -0.276. The molecule has 0 atom stereocenters. The van der Waals surface area contributed by atoms with E-state index in [0.29, 0.717) is 5.69 Å². The van der Waals surface area contributed by atoms with E-state index in [1.54, 1.807) is 12.3 Å². The van der Waals surface area contributed by atoms with Crippen LogP contribution in [0.25, 0.3) is 11.3 Å². The number of hydrogen-bond donors (Lipinski definition) is 0. The van der Waals surface area contributed by atoms with Crippen LogP contribution in [0.15, 0.2) is 42.6 Å². The van der Waals surface area contributed by atoms with Crippen LogP contribution in [0.5, 0.6) is 0 Å². The molecular formula is C13H12FN. The lowest BCUT2D eigenvalue weighted by Gasteiger charge is -2.02. The summed E-state index contributed by atoms with van der Waals surface area (Å²) in [4.78, 5) is 4.03. The van der Waals surface area contributed by atoms with Gasteiger partial charge in [-0.25, -0.2) is 4.39 Å². The summed E-state index contributed by atoms with van der Waals surface area (Å²) in [6.07, 6.45) is 2.59. The second kappa shape index (κ2) is 4.22. The highest BCUT2D eigenvalue weighted by Crippen LogP contribution is 2.20. The van der Waals surface area contributed by atoms with Gasteiger partial charge in [0.15, 0.2) is 0 Å². The van der Waals surface area contributed by atoms with E-state index in [2.05, 4.69) is 11.9 Å². The fourth-order valence-electron chi connectivity index (χ4n) is 1.50. The van der Waals surface area contributed by atoms with Crippen molar-refractivity contribution in [3.05, 3.63) is 54.0 Å². The van der Waals surface area contributed by atoms with Crippen LogP contribution < -0.4 is 0 Å². The Labute approximate surface area is 88.6 Å². The Morgan fingerprint density at radius 3 is 2.47 bits per heavy atom. The molecule has 0 radical (unpaired) electrons. The van der Waals surface area contributed by atoms with Crippen molar-refractivity contribution in [2.45, 2.75) is 13.3 Å². The van der Waals surface area contributed by atoms with Crippen molar-refractivity contribution in [2.24, 2.45) is 0 Å². The second-order valence-electron chi connectivity index (χ2n) is 3.38. The molecule has 2 rings (SSSR count). The van der Waals surface area contributed by atoms with Crippen LogP contribution in [0.4, 0.5) is 4.39 Å². The van der Waals surface area contributed by atoms with Crippen LogP contribution in [0, 0.1) is 5.82 Å². The van der Waals surface area contributed by atoms with Gasteiger partial charge >= 0.3 is 0 Å². The molecule has 0 saturated heterocycles. The van der Waals surface area contributed by atoms with Gasteiger partial charge < -0.3 is 0 Å². The van der Waals surface area contributed by atoms with E-state index < -0.39 is 0 Å². The van der Waals surface area contributed by atoms with E-state index in [1.165, 1.54) is 11.6 Å². The Morgan fingerprint density at radius 2 is 1.87 bits per heavy atom. The van der Waals surface area contributed by atoms with Crippen molar-refractivity contribution in [2.75, 3.05) is 0 Å². The van der Waals surface area contributed by atoms with Crippen LogP contribution in [0.2, 0.25) is 0 Å². The molecule has 0 unspecified atom stereocenters. The first-order valence-electron chi connectivity index (χ1n) is 5.01. The molecule has 1 aromatic heterocycles. The number of hydrogen-bond acceptors (Lipinski definition) is 1. The van der Waals surface area contributed by atoms with E-state index in [9.17, 15) is 4.39 Å². The predicted octanol–water partition coefficient (Wildman–Crippen LogP) is 3.45. The standard InChI is InChI=1S/C13H12FN/c1-2-10-5-7-11(8-6-10)13-12(14)4-3-9-15-13/h3-9H,2H2,1H3. The lowest BCUT2D eigenvalue weighted by Crippen LogP contribution is -1.88. The Bertz CT molecular complexity index is 448. The van der Waals surface area contributed by atoms with E-state index >= 15 is 0 Å². The Morgan fingerprint density at radius 1 is 1.13 bits per heavy atom. The van der Waals surface area contributed by atoms with Gasteiger partial charge in [-0.05, 0) is 24.1 Å². The first-order chi connectivity index (χ1) is 7.31. The summed E-state index contributed by atoms with van der Waals surface area (Å²) in [6.45, 7) is 2.09. The summed E-state index contributed by atoms with van der Waals surface area (Å²) in [7, 11) is 0. The van der Waals surface area contributed by atoms with Crippen molar-refractivity contribution >= 4 is 0 Å². The van der Waals surface area contributed by atoms with Gasteiger partial charge in [-0.1, -0.05) is 31.2 Å². The van der Waals surface area contributed by atoms with E-state index in [1.807, 2.05) is 24.3 Å². The number of aryl methyl sites for hydroxylation is 1. The third kappa shape index (κ3) is 2.04. The normalized spacial score (nSPS) is 10.3. The SMILES string of the molecule is CCc1ccc(-c2ncccc2F)cc1. The molecule has 76 valence electrons. The van der Waals surface area contributed by atoms with Crippen molar-refractivity contribution in [1.82, 2.24) is 4.98 Å². The topological polar surface area (TPSA) is 12.9 Å². The lowest BCUT2D eigenvalue weighted by molar-refractivity contribution is 0.626. The monoisotopic (exact) mass is 201 g/mol. The molecule has 0 aliphatic rings. The zero-order valence-corrected chi connectivity index (χ0v) is 8.57. The van der Waals surface area contributed by atoms with Gasteiger partial charge in [-0.3, -0.25) is 4.98 Å². The molecule has 1 heterocycles. The molecule has 0 amide bonds. The Balaban J connectivity index is 2.42. The van der Waals surface area contributed by atoms with Crippen LogP contribution >= 0.6 is 0 Å². The van der Waals surface area contributed by atoms with Crippen molar-refractivity contribution < 1.29 is 4.39 Å². The van der Waals surface area contributed by atoms with Crippen molar-refractivity contribution in [3.8, 4) is 11.3 Å².